The molecule has 0 saturated heterocycles. The second-order valence-corrected chi connectivity index (χ2v) is 8.06. The predicted molar refractivity (Wildman–Crippen MR) is 92.8 cm³/mol. The van der Waals surface area contributed by atoms with Crippen molar-refractivity contribution in [3.8, 4) is 0 Å². The Morgan fingerprint density at radius 1 is 1.05 bits per heavy atom. The molecule has 1 aliphatic carbocycles. The van der Waals surface area contributed by atoms with Crippen LogP contribution in [0.3, 0.4) is 0 Å². The lowest BCUT2D eigenvalue weighted by Gasteiger charge is -2.23. The van der Waals surface area contributed by atoms with E-state index in [0.717, 1.165) is 18.9 Å². The molecule has 0 aromatic heterocycles. The molecule has 1 aliphatic rings. The van der Waals surface area contributed by atoms with Gasteiger partial charge in [0.2, 0.25) is 0 Å². The first-order valence-corrected chi connectivity index (χ1v) is 8.52. The van der Waals surface area contributed by atoms with Gasteiger partial charge < -0.3 is 5.32 Å². The molecule has 0 spiro atoms. The van der Waals surface area contributed by atoms with Crippen molar-refractivity contribution in [1.29, 1.82) is 0 Å². The molecule has 118 valence electrons. The van der Waals surface area contributed by atoms with Gasteiger partial charge >= 0.3 is 0 Å². The summed E-state index contributed by atoms with van der Waals surface area (Å²) in [4.78, 5) is 0. The molecule has 0 bridgehead atoms. The van der Waals surface area contributed by atoms with Crippen LogP contribution in [0.2, 0.25) is 0 Å². The first-order valence-electron chi connectivity index (χ1n) is 8.52. The fourth-order valence-electron chi connectivity index (χ4n) is 4.28. The van der Waals surface area contributed by atoms with Crippen molar-refractivity contribution in [2.75, 3.05) is 6.54 Å². The van der Waals surface area contributed by atoms with Crippen molar-refractivity contribution < 1.29 is 0 Å². The van der Waals surface area contributed by atoms with Crippen LogP contribution >= 0.6 is 0 Å². The fraction of sp³-hybridized carbons (Fsp3) is 0.700. The van der Waals surface area contributed by atoms with E-state index in [-0.39, 0.29) is 0 Å². The van der Waals surface area contributed by atoms with Gasteiger partial charge in [-0.1, -0.05) is 52.8 Å². The molecular formula is C20H33N. The van der Waals surface area contributed by atoms with Gasteiger partial charge in [0.25, 0.3) is 0 Å². The van der Waals surface area contributed by atoms with Crippen LogP contribution in [0.1, 0.15) is 57.7 Å². The summed E-state index contributed by atoms with van der Waals surface area (Å²) in [7, 11) is 0. The Balaban J connectivity index is 2.23. The quantitative estimate of drug-likeness (QED) is 0.785. The van der Waals surface area contributed by atoms with Crippen LogP contribution in [0.25, 0.3) is 0 Å². The van der Waals surface area contributed by atoms with Gasteiger partial charge in [0.15, 0.2) is 0 Å². The van der Waals surface area contributed by atoms with Crippen LogP contribution in [0, 0.1) is 30.6 Å². The molecule has 1 saturated carbocycles. The normalized spacial score (nSPS) is 21.3. The van der Waals surface area contributed by atoms with Gasteiger partial charge in [-0.25, -0.2) is 0 Å². The molecule has 1 unspecified atom stereocenters. The Morgan fingerprint density at radius 2 is 1.57 bits per heavy atom. The zero-order valence-corrected chi connectivity index (χ0v) is 15.0. The Kier molecular flexibility index (Phi) is 4.54. The van der Waals surface area contributed by atoms with E-state index in [1.807, 2.05) is 0 Å². The molecule has 1 N–H and O–H groups in total. The summed E-state index contributed by atoms with van der Waals surface area (Å²) in [5.41, 5.74) is 5.30. The van der Waals surface area contributed by atoms with E-state index >= 15 is 0 Å². The number of hydrogen-bond acceptors (Lipinski definition) is 1. The van der Waals surface area contributed by atoms with Crippen LogP contribution in [-0.2, 0) is 6.42 Å². The van der Waals surface area contributed by atoms with Crippen molar-refractivity contribution in [3.63, 3.8) is 0 Å². The third kappa shape index (κ3) is 2.90. The van der Waals surface area contributed by atoms with Gasteiger partial charge in [0, 0.05) is 6.04 Å². The minimum Gasteiger partial charge on any atom is -0.313 e. The molecule has 1 fully saturated rings. The molecule has 0 radical (unpaired) electrons. The number of hydrogen-bond donors (Lipinski definition) is 1. The highest BCUT2D eigenvalue weighted by molar-refractivity contribution is 5.35. The van der Waals surface area contributed by atoms with Crippen molar-refractivity contribution in [3.05, 3.63) is 34.9 Å². The third-order valence-electron chi connectivity index (χ3n) is 6.26. The summed E-state index contributed by atoms with van der Waals surface area (Å²) in [6.07, 6.45) is 2.37. The van der Waals surface area contributed by atoms with E-state index in [1.165, 1.54) is 17.5 Å². The average Bonchev–Trinajstić information content (AvgIpc) is 2.79. The summed E-state index contributed by atoms with van der Waals surface area (Å²) < 4.78 is 0. The first-order chi connectivity index (χ1) is 9.73. The van der Waals surface area contributed by atoms with E-state index in [1.54, 1.807) is 5.56 Å². The summed E-state index contributed by atoms with van der Waals surface area (Å²) in [5, 5.41) is 3.85. The molecule has 1 aromatic rings. The second-order valence-electron chi connectivity index (χ2n) is 8.06. The molecule has 1 heteroatoms. The van der Waals surface area contributed by atoms with Crippen LogP contribution in [0.15, 0.2) is 18.2 Å². The number of benzene rings is 1. The summed E-state index contributed by atoms with van der Waals surface area (Å²) in [6.45, 7) is 17.6. The smallest absolute Gasteiger partial charge is 0.0146 e. The van der Waals surface area contributed by atoms with Crippen molar-refractivity contribution in [1.82, 2.24) is 5.32 Å². The van der Waals surface area contributed by atoms with Crippen LogP contribution in [-0.4, -0.2) is 12.6 Å². The second kappa shape index (κ2) is 5.76. The molecule has 1 atom stereocenters. The summed E-state index contributed by atoms with van der Waals surface area (Å²) >= 11 is 0. The van der Waals surface area contributed by atoms with Gasteiger partial charge in [0.05, 0.1) is 0 Å². The van der Waals surface area contributed by atoms with Crippen molar-refractivity contribution in [2.45, 2.75) is 67.3 Å². The van der Waals surface area contributed by atoms with Gasteiger partial charge in [-0.05, 0) is 66.7 Å². The molecule has 1 nitrogen and oxygen atoms in total. The van der Waals surface area contributed by atoms with E-state index < -0.39 is 0 Å². The first kappa shape index (κ1) is 16.5. The Morgan fingerprint density at radius 3 is 2.00 bits per heavy atom. The maximum absolute atomic E-state index is 3.85. The van der Waals surface area contributed by atoms with Crippen molar-refractivity contribution in [2.24, 2.45) is 16.7 Å². The van der Waals surface area contributed by atoms with E-state index in [4.69, 9.17) is 0 Å². The van der Waals surface area contributed by atoms with Crippen LogP contribution < -0.4 is 5.32 Å². The zero-order chi connectivity index (χ0) is 15.8. The predicted octanol–water partition coefficient (Wildman–Crippen LogP) is 4.90. The number of rotatable bonds is 6. The standard InChI is InChI=1S/C20H33N/c1-8-12-21-17(18-19(4,5)20(18,6)7)13-16-14(2)10-9-11-15(16)3/h9-11,17-18,21H,8,12-13H2,1-7H3. The minimum absolute atomic E-state index is 0.439. The Labute approximate surface area is 131 Å². The molecule has 0 amide bonds. The van der Waals surface area contributed by atoms with Crippen LogP contribution in [0.4, 0.5) is 0 Å². The SMILES string of the molecule is CCCNC(Cc1c(C)cccc1C)C1C(C)(C)C1(C)C. The van der Waals surface area contributed by atoms with Gasteiger partial charge in [-0.3, -0.25) is 0 Å². The van der Waals surface area contributed by atoms with Crippen molar-refractivity contribution >= 4 is 0 Å². The van der Waals surface area contributed by atoms with E-state index in [9.17, 15) is 0 Å². The average molecular weight is 287 g/mol. The number of nitrogens with one attached hydrogen (secondary N) is 1. The lowest BCUT2D eigenvalue weighted by Crippen LogP contribution is -2.36. The Hall–Kier alpha value is -0.820. The largest absolute Gasteiger partial charge is 0.313 e. The van der Waals surface area contributed by atoms with E-state index in [2.05, 4.69) is 72.0 Å². The Bertz CT molecular complexity index is 464. The lowest BCUT2D eigenvalue weighted by molar-refractivity contribution is 0.394. The highest BCUT2D eigenvalue weighted by Crippen LogP contribution is 2.69. The maximum Gasteiger partial charge on any atom is 0.0146 e. The fourth-order valence-corrected chi connectivity index (χ4v) is 4.28. The van der Waals surface area contributed by atoms with Crippen LogP contribution in [0.5, 0.6) is 0 Å². The molecule has 1 aromatic carbocycles. The molecule has 0 heterocycles. The molecule has 21 heavy (non-hydrogen) atoms. The summed E-state index contributed by atoms with van der Waals surface area (Å²) in [6, 6.07) is 7.27. The van der Waals surface area contributed by atoms with E-state index in [0.29, 0.717) is 16.9 Å². The monoisotopic (exact) mass is 287 g/mol. The molecular weight excluding hydrogens is 254 g/mol. The minimum atomic E-state index is 0.439. The number of aryl methyl sites for hydroxylation is 2. The molecule has 0 aliphatic heterocycles. The lowest BCUT2D eigenvalue weighted by atomic mass is 9.91. The van der Waals surface area contributed by atoms with Gasteiger partial charge in [-0.2, -0.15) is 0 Å². The topological polar surface area (TPSA) is 12.0 Å². The van der Waals surface area contributed by atoms with Gasteiger partial charge in [0.1, 0.15) is 0 Å². The highest BCUT2D eigenvalue weighted by atomic mass is 15.0. The molecule has 2 rings (SSSR count). The van der Waals surface area contributed by atoms with Gasteiger partial charge in [-0.15, -0.1) is 0 Å². The summed E-state index contributed by atoms with van der Waals surface area (Å²) in [5.74, 6) is 0.760. The highest BCUT2D eigenvalue weighted by Gasteiger charge is 2.66. The maximum atomic E-state index is 3.85. The third-order valence-corrected chi connectivity index (χ3v) is 6.26. The zero-order valence-electron chi connectivity index (χ0n) is 15.0.